The molecule has 3 aromatic rings. The summed E-state index contributed by atoms with van der Waals surface area (Å²) in [5, 5.41) is 12.0. The summed E-state index contributed by atoms with van der Waals surface area (Å²) in [5.74, 6) is 0.328. The lowest BCUT2D eigenvalue weighted by atomic mass is 10.2. The first-order chi connectivity index (χ1) is 10.5. The molecule has 0 amide bonds. The molecule has 0 aliphatic rings. The van der Waals surface area contributed by atoms with E-state index in [4.69, 9.17) is 0 Å². The summed E-state index contributed by atoms with van der Waals surface area (Å²) < 4.78 is 0. The van der Waals surface area contributed by atoms with Crippen LogP contribution in [-0.2, 0) is 0 Å². The summed E-state index contributed by atoms with van der Waals surface area (Å²) in [4.78, 5) is 22.3. The van der Waals surface area contributed by atoms with Crippen molar-refractivity contribution in [1.29, 1.82) is 5.26 Å². The molecule has 110 valence electrons. The van der Waals surface area contributed by atoms with E-state index in [9.17, 15) is 10.1 Å². The van der Waals surface area contributed by atoms with Gasteiger partial charge in [0.05, 0.1) is 11.0 Å². The Morgan fingerprint density at radius 1 is 1.41 bits per heavy atom. The van der Waals surface area contributed by atoms with E-state index in [1.54, 1.807) is 17.4 Å². The lowest BCUT2D eigenvalue weighted by Gasteiger charge is -1.99. The number of nitrogens with one attached hydrogen (secondary N) is 1. The number of nitrogens with zero attached hydrogens (tertiary/aromatic N) is 2. The van der Waals surface area contributed by atoms with Gasteiger partial charge < -0.3 is 4.98 Å². The fourth-order valence-corrected chi connectivity index (χ4v) is 4.09. The van der Waals surface area contributed by atoms with E-state index in [1.165, 1.54) is 11.3 Å². The van der Waals surface area contributed by atoms with E-state index in [2.05, 4.69) is 16.0 Å². The molecule has 0 atom stereocenters. The highest BCUT2D eigenvalue weighted by molar-refractivity contribution is 7.18. The molecule has 1 N–H and O–H groups in total. The second-order valence-corrected chi connectivity index (χ2v) is 7.17. The van der Waals surface area contributed by atoms with Crippen LogP contribution in [0.4, 0.5) is 0 Å². The molecular formula is C16H13N3OS2. The molecule has 0 fully saturated rings. The Labute approximate surface area is 135 Å². The molecule has 3 aromatic heterocycles. The highest BCUT2D eigenvalue weighted by Gasteiger charge is 2.14. The third-order valence-corrected chi connectivity index (χ3v) is 5.66. The monoisotopic (exact) mass is 327 g/mol. The second-order valence-electron chi connectivity index (χ2n) is 5.02. The predicted molar refractivity (Wildman–Crippen MR) is 92.3 cm³/mol. The smallest absolute Gasteiger partial charge is 0.260 e. The van der Waals surface area contributed by atoms with Crippen molar-refractivity contribution in [2.24, 2.45) is 0 Å². The van der Waals surface area contributed by atoms with Crippen LogP contribution >= 0.6 is 22.7 Å². The van der Waals surface area contributed by atoms with Crippen molar-refractivity contribution < 1.29 is 0 Å². The number of allylic oxidation sites excluding steroid dienone is 1. The van der Waals surface area contributed by atoms with Crippen LogP contribution in [0.25, 0.3) is 21.9 Å². The van der Waals surface area contributed by atoms with Crippen molar-refractivity contribution in [2.45, 2.75) is 20.8 Å². The molecule has 0 unspecified atom stereocenters. The first-order valence-corrected chi connectivity index (χ1v) is 8.37. The van der Waals surface area contributed by atoms with Gasteiger partial charge in [0.2, 0.25) is 0 Å². The molecule has 0 aliphatic heterocycles. The summed E-state index contributed by atoms with van der Waals surface area (Å²) in [6.45, 7) is 5.88. The van der Waals surface area contributed by atoms with Crippen LogP contribution in [0.5, 0.6) is 0 Å². The number of nitriles is 1. The summed E-state index contributed by atoms with van der Waals surface area (Å²) in [5.41, 5.74) is 2.24. The lowest BCUT2D eigenvalue weighted by Crippen LogP contribution is -2.10. The van der Waals surface area contributed by atoms with Crippen LogP contribution in [0.2, 0.25) is 0 Å². The molecule has 0 bridgehead atoms. The standard InChI is InChI=1S/C16H13N3OS2/c1-8-4-5-21-12(8)6-11(7-17)14-18-15(20)13-9(2)10(3)22-16(13)19-14/h4-6H,1-3H3,(H,18,19,20)/b11-6+. The van der Waals surface area contributed by atoms with Crippen molar-refractivity contribution in [3.63, 3.8) is 0 Å². The van der Waals surface area contributed by atoms with Gasteiger partial charge in [-0.3, -0.25) is 4.79 Å². The zero-order chi connectivity index (χ0) is 15.9. The Kier molecular flexibility index (Phi) is 3.69. The van der Waals surface area contributed by atoms with Crippen LogP contribution in [0.15, 0.2) is 16.2 Å². The van der Waals surface area contributed by atoms with E-state index >= 15 is 0 Å². The van der Waals surface area contributed by atoms with Crippen molar-refractivity contribution in [2.75, 3.05) is 0 Å². The van der Waals surface area contributed by atoms with E-state index < -0.39 is 0 Å². The first-order valence-electron chi connectivity index (χ1n) is 6.67. The van der Waals surface area contributed by atoms with Crippen LogP contribution < -0.4 is 5.56 Å². The number of aromatic nitrogens is 2. The Bertz CT molecular complexity index is 999. The Hall–Kier alpha value is -2.23. The van der Waals surface area contributed by atoms with E-state index in [-0.39, 0.29) is 5.56 Å². The zero-order valence-corrected chi connectivity index (χ0v) is 14.0. The highest BCUT2D eigenvalue weighted by Crippen LogP contribution is 2.27. The zero-order valence-electron chi connectivity index (χ0n) is 12.4. The quantitative estimate of drug-likeness (QED) is 0.722. The van der Waals surface area contributed by atoms with Gasteiger partial charge in [-0.05, 0) is 49.4 Å². The third-order valence-electron chi connectivity index (χ3n) is 3.59. The van der Waals surface area contributed by atoms with Gasteiger partial charge in [-0.1, -0.05) is 0 Å². The lowest BCUT2D eigenvalue weighted by molar-refractivity contribution is 1.13. The van der Waals surface area contributed by atoms with Gasteiger partial charge in [0.1, 0.15) is 10.9 Å². The van der Waals surface area contributed by atoms with E-state index in [1.807, 2.05) is 32.2 Å². The number of H-pyrrole nitrogens is 1. The molecule has 6 heteroatoms. The maximum Gasteiger partial charge on any atom is 0.260 e. The minimum atomic E-state index is -0.189. The third kappa shape index (κ3) is 2.39. The van der Waals surface area contributed by atoms with Gasteiger partial charge in [-0.25, -0.2) is 4.98 Å². The van der Waals surface area contributed by atoms with Crippen molar-refractivity contribution >= 4 is 44.5 Å². The van der Waals surface area contributed by atoms with Gasteiger partial charge >= 0.3 is 0 Å². The van der Waals surface area contributed by atoms with Gasteiger partial charge in [-0.2, -0.15) is 5.26 Å². The molecule has 22 heavy (non-hydrogen) atoms. The van der Waals surface area contributed by atoms with Crippen molar-refractivity contribution in [1.82, 2.24) is 9.97 Å². The topological polar surface area (TPSA) is 69.5 Å². The predicted octanol–water partition coefficient (Wildman–Crippen LogP) is 4.04. The fraction of sp³-hybridized carbons (Fsp3) is 0.188. The molecular weight excluding hydrogens is 314 g/mol. The molecule has 0 saturated heterocycles. The average Bonchev–Trinajstić information content (AvgIpc) is 3.00. The Morgan fingerprint density at radius 2 is 2.18 bits per heavy atom. The largest absolute Gasteiger partial charge is 0.305 e. The summed E-state index contributed by atoms with van der Waals surface area (Å²) in [6, 6.07) is 4.13. The molecule has 0 aromatic carbocycles. The number of aryl methyl sites for hydroxylation is 3. The molecule has 0 saturated carbocycles. The maximum atomic E-state index is 12.3. The van der Waals surface area contributed by atoms with Gasteiger partial charge in [0, 0.05) is 9.75 Å². The summed E-state index contributed by atoms with van der Waals surface area (Å²) >= 11 is 3.04. The minimum absolute atomic E-state index is 0.189. The Balaban J connectivity index is 2.21. The summed E-state index contributed by atoms with van der Waals surface area (Å²) in [7, 11) is 0. The number of hydrogen-bond donors (Lipinski definition) is 1. The number of thiophene rings is 2. The molecule has 3 heterocycles. The minimum Gasteiger partial charge on any atom is -0.305 e. The summed E-state index contributed by atoms with van der Waals surface area (Å²) in [6.07, 6.45) is 1.78. The number of rotatable bonds is 2. The fourth-order valence-electron chi connectivity index (χ4n) is 2.20. The van der Waals surface area contributed by atoms with Gasteiger partial charge in [0.25, 0.3) is 5.56 Å². The molecule has 0 radical (unpaired) electrons. The highest BCUT2D eigenvalue weighted by atomic mass is 32.1. The van der Waals surface area contributed by atoms with Gasteiger partial charge in [-0.15, -0.1) is 22.7 Å². The van der Waals surface area contributed by atoms with Crippen LogP contribution in [-0.4, -0.2) is 9.97 Å². The second kappa shape index (κ2) is 5.52. The maximum absolute atomic E-state index is 12.3. The SMILES string of the molecule is Cc1ccsc1/C=C(\C#N)c1nc2sc(C)c(C)c2c(=O)[nH]1. The van der Waals surface area contributed by atoms with Gasteiger partial charge in [0.15, 0.2) is 5.82 Å². The van der Waals surface area contributed by atoms with Crippen molar-refractivity contribution in [3.05, 3.63) is 48.5 Å². The van der Waals surface area contributed by atoms with Crippen LogP contribution in [0, 0.1) is 32.1 Å². The number of fused-ring (bicyclic) bond motifs is 1. The first kappa shape index (κ1) is 14.7. The number of hydrogen-bond acceptors (Lipinski definition) is 5. The molecule has 4 nitrogen and oxygen atoms in total. The van der Waals surface area contributed by atoms with Crippen LogP contribution in [0.1, 0.15) is 26.7 Å². The van der Waals surface area contributed by atoms with E-state index in [0.29, 0.717) is 21.6 Å². The Morgan fingerprint density at radius 3 is 2.82 bits per heavy atom. The molecule has 0 spiro atoms. The van der Waals surface area contributed by atoms with E-state index in [0.717, 1.165) is 20.9 Å². The normalized spacial score (nSPS) is 11.8. The van der Waals surface area contributed by atoms with Crippen molar-refractivity contribution in [3.8, 4) is 6.07 Å². The number of aromatic amines is 1. The molecule has 0 aliphatic carbocycles. The average molecular weight is 327 g/mol. The van der Waals surface area contributed by atoms with Crippen LogP contribution in [0.3, 0.4) is 0 Å². The molecule has 3 rings (SSSR count).